The van der Waals surface area contributed by atoms with Gasteiger partial charge in [0.05, 0.1) is 16.6 Å². The summed E-state index contributed by atoms with van der Waals surface area (Å²) in [6.45, 7) is 1.26. The Balaban J connectivity index is 1.38. The zero-order valence-electron chi connectivity index (χ0n) is 16.0. The maximum Gasteiger partial charge on any atom is 0.335 e. The van der Waals surface area contributed by atoms with E-state index in [-0.39, 0.29) is 18.1 Å². The van der Waals surface area contributed by atoms with Crippen molar-refractivity contribution < 1.29 is 14.7 Å². The lowest BCUT2D eigenvalue weighted by molar-refractivity contribution is -0.133. The topological polar surface area (TPSA) is 95.4 Å². The highest BCUT2D eigenvalue weighted by atomic mass is 16.4. The molecule has 1 aliphatic rings. The van der Waals surface area contributed by atoms with Gasteiger partial charge in [-0.3, -0.25) is 9.36 Å². The van der Waals surface area contributed by atoms with Crippen molar-refractivity contribution in [2.45, 2.75) is 25.8 Å². The quantitative estimate of drug-likeness (QED) is 0.696. The summed E-state index contributed by atoms with van der Waals surface area (Å²) in [5, 5.41) is 9.35. The minimum absolute atomic E-state index is 0.0232. The number of aromatic carboxylic acids is 1. The van der Waals surface area contributed by atoms with Gasteiger partial charge in [-0.25, -0.2) is 9.59 Å². The molecule has 0 bridgehead atoms. The smallest absolute Gasteiger partial charge is 0.335 e. The first-order chi connectivity index (χ1) is 14.0. The molecule has 1 aromatic heterocycles. The third kappa shape index (κ3) is 3.94. The summed E-state index contributed by atoms with van der Waals surface area (Å²) >= 11 is 0. The molecular formula is C22H23N3O4. The third-order valence-electron chi connectivity index (χ3n) is 5.70. The molecule has 7 heteroatoms. The Morgan fingerprint density at radius 2 is 1.72 bits per heavy atom. The second kappa shape index (κ2) is 7.95. The van der Waals surface area contributed by atoms with Crippen molar-refractivity contribution >= 4 is 22.9 Å². The molecule has 4 rings (SSSR count). The molecule has 1 fully saturated rings. The van der Waals surface area contributed by atoms with Crippen LogP contribution in [0.3, 0.4) is 0 Å². The van der Waals surface area contributed by atoms with Crippen LogP contribution in [0.1, 0.15) is 28.8 Å². The molecule has 150 valence electrons. The highest BCUT2D eigenvalue weighted by Gasteiger charge is 2.25. The Bertz CT molecular complexity index is 1110. The summed E-state index contributed by atoms with van der Waals surface area (Å²) in [6, 6.07) is 14.4. The summed E-state index contributed by atoms with van der Waals surface area (Å²) in [4.78, 5) is 40.9. The molecule has 29 heavy (non-hydrogen) atoms. The molecule has 1 aliphatic heterocycles. The lowest BCUT2D eigenvalue weighted by Crippen LogP contribution is -2.41. The van der Waals surface area contributed by atoms with Crippen molar-refractivity contribution in [3.63, 3.8) is 0 Å². The first-order valence-corrected chi connectivity index (χ1v) is 9.79. The number of carbonyl (C=O) groups is 2. The van der Waals surface area contributed by atoms with Crippen molar-refractivity contribution in [3.05, 3.63) is 70.1 Å². The zero-order chi connectivity index (χ0) is 20.4. The van der Waals surface area contributed by atoms with Crippen molar-refractivity contribution in [1.29, 1.82) is 0 Å². The van der Waals surface area contributed by atoms with E-state index in [1.54, 1.807) is 17.0 Å². The van der Waals surface area contributed by atoms with Crippen LogP contribution in [-0.4, -0.2) is 44.5 Å². The lowest BCUT2D eigenvalue weighted by Gasteiger charge is -2.32. The van der Waals surface area contributed by atoms with Gasteiger partial charge < -0.3 is 15.0 Å². The van der Waals surface area contributed by atoms with Gasteiger partial charge in [-0.1, -0.05) is 30.3 Å². The third-order valence-corrected chi connectivity index (χ3v) is 5.70. The Morgan fingerprint density at radius 3 is 2.48 bits per heavy atom. The number of H-pyrrole nitrogens is 1. The molecule has 0 atom stereocenters. The molecule has 3 aromatic rings. The summed E-state index contributed by atoms with van der Waals surface area (Å²) in [5.41, 5.74) is 2.37. The molecule has 0 unspecified atom stereocenters. The second-order valence-corrected chi connectivity index (χ2v) is 7.52. The van der Waals surface area contributed by atoms with Crippen LogP contribution in [-0.2, 0) is 17.8 Å². The Morgan fingerprint density at radius 1 is 1.03 bits per heavy atom. The van der Waals surface area contributed by atoms with Gasteiger partial charge in [-0.15, -0.1) is 0 Å². The van der Waals surface area contributed by atoms with Crippen LogP contribution in [0.5, 0.6) is 0 Å². The van der Waals surface area contributed by atoms with Crippen LogP contribution in [0.15, 0.2) is 53.3 Å². The molecule has 0 spiro atoms. The number of likely N-dealkylation sites (tertiary alicyclic amines) is 1. The summed E-state index contributed by atoms with van der Waals surface area (Å²) in [7, 11) is 0. The number of carboxylic acid groups (broad SMARTS) is 1. The number of carboxylic acids is 1. The number of aromatic nitrogens is 2. The largest absolute Gasteiger partial charge is 0.478 e. The van der Waals surface area contributed by atoms with E-state index in [1.807, 2.05) is 36.4 Å². The summed E-state index contributed by atoms with van der Waals surface area (Å²) in [5.74, 6) is -0.631. The molecule has 7 nitrogen and oxygen atoms in total. The van der Waals surface area contributed by atoms with Gasteiger partial charge in [-0.05, 0) is 48.9 Å². The van der Waals surface area contributed by atoms with E-state index in [1.165, 1.54) is 4.57 Å². The summed E-state index contributed by atoms with van der Waals surface area (Å²) in [6.07, 6.45) is 2.34. The number of rotatable bonds is 5. The number of benzene rings is 2. The molecule has 0 saturated carbocycles. The van der Waals surface area contributed by atoms with Crippen LogP contribution in [0.4, 0.5) is 0 Å². The number of nitrogens with one attached hydrogen (secondary N) is 1. The van der Waals surface area contributed by atoms with Crippen LogP contribution < -0.4 is 5.69 Å². The van der Waals surface area contributed by atoms with E-state index in [4.69, 9.17) is 0 Å². The lowest BCUT2D eigenvalue weighted by atomic mass is 9.88. The minimum atomic E-state index is -0.905. The number of carbonyl (C=O) groups excluding carboxylic acids is 1. The fourth-order valence-corrected chi connectivity index (χ4v) is 4.10. The maximum atomic E-state index is 12.7. The van der Waals surface area contributed by atoms with E-state index in [2.05, 4.69) is 4.98 Å². The number of para-hydroxylation sites is 2. The normalized spacial score (nSPS) is 15.0. The molecule has 1 amide bonds. The number of fused-ring (bicyclic) bond motifs is 1. The molecule has 0 radical (unpaired) electrons. The Hall–Kier alpha value is -3.35. The van der Waals surface area contributed by atoms with Crippen molar-refractivity contribution in [2.24, 2.45) is 5.92 Å². The number of piperidine rings is 1. The number of nitrogens with zero attached hydrogens (tertiary/aromatic N) is 2. The first kappa shape index (κ1) is 19.0. The van der Waals surface area contributed by atoms with E-state index in [9.17, 15) is 19.5 Å². The monoisotopic (exact) mass is 393 g/mol. The number of amides is 1. The van der Waals surface area contributed by atoms with Gasteiger partial charge in [0.25, 0.3) is 0 Å². The van der Waals surface area contributed by atoms with Gasteiger partial charge in [0.15, 0.2) is 0 Å². The number of imidazole rings is 1. The Kier molecular flexibility index (Phi) is 5.20. The second-order valence-electron chi connectivity index (χ2n) is 7.52. The number of hydrogen-bond acceptors (Lipinski definition) is 3. The SMILES string of the molecule is O=C(O)c1ccccc1CC1CCN(C(=O)Cn2c(=O)[nH]c3ccccc32)CC1. The predicted octanol–water partition coefficient (Wildman–Crippen LogP) is 2.51. The minimum Gasteiger partial charge on any atom is -0.478 e. The number of hydrogen-bond donors (Lipinski definition) is 2. The zero-order valence-corrected chi connectivity index (χ0v) is 16.0. The molecule has 0 aliphatic carbocycles. The van der Waals surface area contributed by atoms with Crippen LogP contribution >= 0.6 is 0 Å². The molecule has 2 aromatic carbocycles. The molecule has 2 N–H and O–H groups in total. The van der Waals surface area contributed by atoms with Gasteiger partial charge in [0.2, 0.25) is 5.91 Å². The predicted molar refractivity (Wildman–Crippen MR) is 109 cm³/mol. The molecule has 1 saturated heterocycles. The molecular weight excluding hydrogens is 370 g/mol. The summed E-state index contributed by atoms with van der Waals surface area (Å²) < 4.78 is 1.48. The van der Waals surface area contributed by atoms with E-state index in [0.717, 1.165) is 29.4 Å². The maximum absolute atomic E-state index is 12.7. The Labute approximate surface area is 167 Å². The van der Waals surface area contributed by atoms with Crippen LogP contribution in [0.2, 0.25) is 0 Å². The first-order valence-electron chi connectivity index (χ1n) is 9.79. The average molecular weight is 393 g/mol. The van der Waals surface area contributed by atoms with E-state index in [0.29, 0.717) is 31.0 Å². The van der Waals surface area contributed by atoms with E-state index < -0.39 is 5.97 Å². The standard InChI is InChI=1S/C22H23N3O4/c26-20(14-25-19-8-4-3-7-18(19)23-22(25)29)24-11-9-15(10-12-24)13-16-5-1-2-6-17(16)21(27)28/h1-8,15H,9-14H2,(H,23,29)(H,27,28). The molecule has 2 heterocycles. The fraction of sp³-hybridized carbons (Fsp3) is 0.318. The van der Waals surface area contributed by atoms with E-state index >= 15 is 0 Å². The fourth-order valence-electron chi connectivity index (χ4n) is 4.10. The number of aromatic amines is 1. The van der Waals surface area contributed by atoms with Crippen molar-refractivity contribution in [1.82, 2.24) is 14.5 Å². The highest BCUT2D eigenvalue weighted by Crippen LogP contribution is 2.24. The highest BCUT2D eigenvalue weighted by molar-refractivity contribution is 5.89. The average Bonchev–Trinajstić information content (AvgIpc) is 3.04. The van der Waals surface area contributed by atoms with Crippen molar-refractivity contribution in [2.75, 3.05) is 13.1 Å². The van der Waals surface area contributed by atoms with Crippen molar-refractivity contribution in [3.8, 4) is 0 Å². The van der Waals surface area contributed by atoms with Gasteiger partial charge in [0, 0.05) is 13.1 Å². The van der Waals surface area contributed by atoms with Crippen LogP contribution in [0.25, 0.3) is 11.0 Å². The van der Waals surface area contributed by atoms with Gasteiger partial charge in [-0.2, -0.15) is 0 Å². The van der Waals surface area contributed by atoms with Crippen LogP contribution in [0, 0.1) is 5.92 Å². The van der Waals surface area contributed by atoms with Gasteiger partial charge >= 0.3 is 11.7 Å². The van der Waals surface area contributed by atoms with Gasteiger partial charge in [0.1, 0.15) is 6.54 Å².